The molecule has 3 nitrogen and oxygen atoms in total. The number of halogens is 2. The third-order valence-corrected chi connectivity index (χ3v) is 1.51. The molecule has 5 heteroatoms. The molecule has 0 aliphatic heterocycles. The molecule has 0 heterocycles. The summed E-state index contributed by atoms with van der Waals surface area (Å²) in [6.45, 7) is 3.15. The van der Waals surface area contributed by atoms with Crippen LogP contribution >= 0.6 is 0 Å². The minimum Gasteiger partial charge on any atom is -0.411 e. The summed E-state index contributed by atoms with van der Waals surface area (Å²) < 4.78 is 29.1. The van der Waals surface area contributed by atoms with Gasteiger partial charge in [0.15, 0.2) is 0 Å². The number of hydrogen-bond acceptors (Lipinski definition) is 3. The van der Waals surface area contributed by atoms with Crippen LogP contribution in [0.15, 0.2) is 5.16 Å². The lowest BCUT2D eigenvalue weighted by Gasteiger charge is -2.23. The smallest absolute Gasteiger partial charge is 0.280 e. The van der Waals surface area contributed by atoms with Crippen molar-refractivity contribution in [2.24, 2.45) is 10.6 Å². The second kappa shape index (κ2) is 4.35. The maximum atomic E-state index is 12.2. The Morgan fingerprint density at radius 1 is 1.58 bits per heavy atom. The van der Waals surface area contributed by atoms with Crippen LogP contribution in [0.1, 0.15) is 13.8 Å². The first-order valence-corrected chi connectivity index (χ1v) is 3.45. The Kier molecular flexibility index (Phi) is 4.09. The molecule has 1 N–H and O–H groups in total. The second-order valence-corrected chi connectivity index (χ2v) is 3.10. The Morgan fingerprint density at radius 2 is 2.08 bits per heavy atom. The highest BCUT2D eigenvalue weighted by Crippen LogP contribution is 2.22. The molecule has 12 heavy (non-hydrogen) atoms. The molecule has 0 unspecified atom stereocenters. The lowest BCUT2D eigenvalue weighted by molar-refractivity contribution is 0.122. The molecule has 0 aromatic heterocycles. The van der Waals surface area contributed by atoms with Crippen LogP contribution in [0.5, 0.6) is 0 Å². The summed E-state index contributed by atoms with van der Waals surface area (Å²) in [7, 11) is 1.40. The van der Waals surface area contributed by atoms with E-state index in [2.05, 4.69) is 5.16 Å². The minimum atomic E-state index is -2.75. The Hall–Kier alpha value is -0.710. The third-order valence-electron chi connectivity index (χ3n) is 1.51. The lowest BCUT2D eigenvalue weighted by Crippen LogP contribution is -2.34. The van der Waals surface area contributed by atoms with E-state index in [1.807, 2.05) is 0 Å². The Morgan fingerprint density at radius 3 is 2.33 bits per heavy atom. The molecule has 0 aromatic rings. The molecule has 0 radical (unpaired) electrons. The summed E-state index contributed by atoms with van der Waals surface area (Å²) in [6, 6.07) is 0. The summed E-state index contributed by atoms with van der Waals surface area (Å²) in [5, 5.41) is 10.9. The summed E-state index contributed by atoms with van der Waals surface area (Å²) in [6.07, 6.45) is -2.75. The average molecular weight is 181 g/mol. The fourth-order valence-corrected chi connectivity index (χ4v) is 0.909. The van der Waals surface area contributed by atoms with E-state index >= 15 is 0 Å². The van der Waals surface area contributed by atoms with Crippen molar-refractivity contribution in [2.75, 3.05) is 13.7 Å². The van der Waals surface area contributed by atoms with E-state index in [9.17, 15) is 8.78 Å². The molecular weight excluding hydrogens is 168 g/mol. The van der Waals surface area contributed by atoms with Gasteiger partial charge in [0, 0.05) is 12.5 Å². The van der Waals surface area contributed by atoms with E-state index in [1.54, 1.807) is 0 Å². The summed E-state index contributed by atoms with van der Waals surface area (Å²) >= 11 is 0. The second-order valence-electron chi connectivity index (χ2n) is 3.10. The lowest BCUT2D eigenvalue weighted by atomic mass is 9.88. The van der Waals surface area contributed by atoms with Crippen molar-refractivity contribution in [2.45, 2.75) is 20.3 Å². The molecule has 0 amide bonds. The number of rotatable bonds is 4. The first kappa shape index (κ1) is 11.3. The normalized spacial score (nSPS) is 14.0. The number of ether oxygens (including phenoxy) is 1. The van der Waals surface area contributed by atoms with Gasteiger partial charge in [-0.25, -0.2) is 8.78 Å². The van der Waals surface area contributed by atoms with Crippen LogP contribution in [-0.2, 0) is 4.74 Å². The van der Waals surface area contributed by atoms with Crippen molar-refractivity contribution >= 4 is 5.71 Å². The standard InChI is InChI=1S/C7H13F2NO2/c1-7(2,4-12-3)5(10-11)6(8)9/h6,11H,4H2,1-3H3/b10-5-. The summed E-state index contributed by atoms with van der Waals surface area (Å²) in [4.78, 5) is 0. The monoisotopic (exact) mass is 181 g/mol. The number of alkyl halides is 2. The van der Waals surface area contributed by atoms with Gasteiger partial charge in [-0.05, 0) is 0 Å². The van der Waals surface area contributed by atoms with Crippen LogP contribution < -0.4 is 0 Å². The van der Waals surface area contributed by atoms with Gasteiger partial charge in [-0.1, -0.05) is 19.0 Å². The van der Waals surface area contributed by atoms with Crippen LogP contribution in [0.3, 0.4) is 0 Å². The van der Waals surface area contributed by atoms with Crippen LogP contribution in [0.2, 0.25) is 0 Å². The molecular formula is C7H13F2NO2. The van der Waals surface area contributed by atoms with Crippen molar-refractivity contribution < 1.29 is 18.7 Å². The van der Waals surface area contributed by atoms with Crippen LogP contribution in [0.4, 0.5) is 8.78 Å². The van der Waals surface area contributed by atoms with E-state index in [4.69, 9.17) is 9.94 Å². The van der Waals surface area contributed by atoms with Crippen molar-refractivity contribution in [3.63, 3.8) is 0 Å². The molecule has 0 atom stereocenters. The maximum absolute atomic E-state index is 12.2. The zero-order valence-corrected chi connectivity index (χ0v) is 7.34. The van der Waals surface area contributed by atoms with Gasteiger partial charge in [0.2, 0.25) is 0 Å². The summed E-state index contributed by atoms with van der Waals surface area (Å²) in [5.74, 6) is 0. The Labute approximate surface area is 70.0 Å². The topological polar surface area (TPSA) is 41.8 Å². The molecule has 0 bridgehead atoms. The first-order chi connectivity index (χ1) is 5.45. The van der Waals surface area contributed by atoms with Gasteiger partial charge in [-0.3, -0.25) is 0 Å². The number of methoxy groups -OCH3 is 1. The van der Waals surface area contributed by atoms with E-state index in [-0.39, 0.29) is 6.61 Å². The zero-order chi connectivity index (χ0) is 9.78. The molecule has 0 aliphatic rings. The zero-order valence-electron chi connectivity index (χ0n) is 7.34. The third kappa shape index (κ3) is 2.73. The fraction of sp³-hybridized carbons (Fsp3) is 0.857. The van der Waals surface area contributed by atoms with E-state index in [0.717, 1.165) is 0 Å². The average Bonchev–Trinajstić information content (AvgIpc) is 1.86. The molecule has 0 aromatic carbocycles. The van der Waals surface area contributed by atoms with E-state index < -0.39 is 17.6 Å². The predicted molar refractivity (Wildman–Crippen MR) is 40.9 cm³/mol. The molecule has 0 fully saturated rings. The quantitative estimate of drug-likeness (QED) is 0.408. The molecule has 0 rings (SSSR count). The van der Waals surface area contributed by atoms with Crippen molar-refractivity contribution in [3.8, 4) is 0 Å². The van der Waals surface area contributed by atoms with Crippen LogP contribution in [0.25, 0.3) is 0 Å². The maximum Gasteiger partial charge on any atom is 0.280 e. The van der Waals surface area contributed by atoms with Gasteiger partial charge < -0.3 is 9.94 Å². The molecule has 72 valence electrons. The summed E-state index contributed by atoms with van der Waals surface area (Å²) in [5.41, 5.74) is -1.48. The predicted octanol–water partition coefficient (Wildman–Crippen LogP) is 1.75. The van der Waals surface area contributed by atoms with Crippen LogP contribution in [0, 0.1) is 5.41 Å². The van der Waals surface area contributed by atoms with Gasteiger partial charge in [0.05, 0.1) is 6.61 Å². The molecule has 0 saturated carbocycles. The van der Waals surface area contributed by atoms with Gasteiger partial charge in [0.25, 0.3) is 6.43 Å². The van der Waals surface area contributed by atoms with E-state index in [1.165, 1.54) is 21.0 Å². The number of oxime groups is 1. The van der Waals surface area contributed by atoms with Gasteiger partial charge in [0.1, 0.15) is 5.71 Å². The van der Waals surface area contributed by atoms with Gasteiger partial charge >= 0.3 is 0 Å². The first-order valence-electron chi connectivity index (χ1n) is 3.45. The number of nitrogens with zero attached hydrogens (tertiary/aromatic N) is 1. The highest BCUT2D eigenvalue weighted by Gasteiger charge is 2.32. The van der Waals surface area contributed by atoms with Crippen LogP contribution in [-0.4, -0.2) is 31.1 Å². The number of hydrogen-bond donors (Lipinski definition) is 1. The van der Waals surface area contributed by atoms with Crippen molar-refractivity contribution in [3.05, 3.63) is 0 Å². The van der Waals surface area contributed by atoms with E-state index in [0.29, 0.717) is 0 Å². The minimum absolute atomic E-state index is 0.0940. The van der Waals surface area contributed by atoms with Gasteiger partial charge in [-0.2, -0.15) is 0 Å². The largest absolute Gasteiger partial charge is 0.411 e. The molecule has 0 aliphatic carbocycles. The van der Waals surface area contributed by atoms with Crippen molar-refractivity contribution in [1.29, 1.82) is 0 Å². The van der Waals surface area contributed by atoms with Gasteiger partial charge in [-0.15, -0.1) is 0 Å². The highest BCUT2D eigenvalue weighted by molar-refractivity contribution is 5.91. The SMILES string of the molecule is COCC(C)(C)/C(=N\O)C(F)F. The Balaban J connectivity index is 4.49. The Bertz CT molecular complexity index is 169. The highest BCUT2D eigenvalue weighted by atomic mass is 19.3. The molecule has 0 spiro atoms. The van der Waals surface area contributed by atoms with Crippen molar-refractivity contribution in [1.82, 2.24) is 0 Å². The molecule has 0 saturated heterocycles. The fourth-order valence-electron chi connectivity index (χ4n) is 0.909.